The lowest BCUT2D eigenvalue weighted by Gasteiger charge is -2.25. The molecule has 58 heavy (non-hydrogen) atoms. The number of hydrogen-bond donors (Lipinski definition) is 1. The number of ether oxygens (including phenoxy) is 2. The Labute approximate surface area is 361 Å². The van der Waals surface area contributed by atoms with Crippen molar-refractivity contribution in [3.8, 4) is 0 Å². The van der Waals surface area contributed by atoms with Crippen LogP contribution in [0, 0.1) is 11.8 Å². The van der Waals surface area contributed by atoms with E-state index >= 15 is 0 Å². The first kappa shape index (κ1) is 54.8. The molecule has 1 fully saturated rings. The summed E-state index contributed by atoms with van der Waals surface area (Å²) in [4.78, 5) is 30.6. The van der Waals surface area contributed by atoms with Gasteiger partial charge in [-0.3, -0.25) is 14.5 Å². The van der Waals surface area contributed by atoms with E-state index < -0.39 is 0 Å². The summed E-state index contributed by atoms with van der Waals surface area (Å²) in [6, 6.07) is 0. The van der Waals surface area contributed by atoms with Crippen LogP contribution in [0.1, 0.15) is 246 Å². The summed E-state index contributed by atoms with van der Waals surface area (Å²) >= 11 is 0. The lowest BCUT2D eigenvalue weighted by Crippen LogP contribution is -2.36. The van der Waals surface area contributed by atoms with Crippen LogP contribution in [0.15, 0.2) is 0 Å². The Balaban J connectivity index is 2.51. The zero-order valence-corrected chi connectivity index (χ0v) is 39.4. The van der Waals surface area contributed by atoms with Crippen LogP contribution in [-0.4, -0.2) is 85.4 Å². The molecule has 0 radical (unpaired) electrons. The average Bonchev–Trinajstić information content (AvgIpc) is 3.65. The van der Waals surface area contributed by atoms with E-state index in [9.17, 15) is 14.7 Å². The van der Waals surface area contributed by atoms with Gasteiger partial charge in [0.2, 0.25) is 0 Å². The lowest BCUT2D eigenvalue weighted by atomic mass is 9.94. The lowest BCUT2D eigenvalue weighted by molar-refractivity contribution is -0.146. The molecule has 7 heteroatoms. The standard InChI is InChI=1S/C51H100N2O5/c1-5-9-13-17-20-21-24-29-35-48(34-28-23-19-15-11-7-3)46-58-51(56)38-41-52(42-43-53-40-37-49(54)44-53)39-31-25-30-36-50(55)57-45-47(32-26-16-12-8-4)33-27-22-18-14-10-6-2/h47-49,54H,5-46H2,1-4H3. The van der Waals surface area contributed by atoms with Crippen LogP contribution in [0.4, 0.5) is 0 Å². The largest absolute Gasteiger partial charge is 0.465 e. The van der Waals surface area contributed by atoms with Gasteiger partial charge in [0.25, 0.3) is 0 Å². The number of carbonyl (C=O) groups is 2. The summed E-state index contributed by atoms with van der Waals surface area (Å²) in [6.07, 6.45) is 40.6. The fourth-order valence-electron chi connectivity index (χ4n) is 8.71. The van der Waals surface area contributed by atoms with E-state index in [1.54, 1.807) is 0 Å². The zero-order chi connectivity index (χ0) is 42.2. The maximum Gasteiger partial charge on any atom is 0.307 e. The van der Waals surface area contributed by atoms with Crippen molar-refractivity contribution in [1.82, 2.24) is 9.80 Å². The highest BCUT2D eigenvalue weighted by atomic mass is 16.5. The molecule has 344 valence electrons. The summed E-state index contributed by atoms with van der Waals surface area (Å²) in [5.74, 6) is 0.890. The maximum atomic E-state index is 13.1. The second-order valence-corrected chi connectivity index (χ2v) is 18.5. The van der Waals surface area contributed by atoms with E-state index in [0.29, 0.717) is 44.4 Å². The average molecular weight is 821 g/mol. The molecular formula is C51H100N2O5. The van der Waals surface area contributed by atoms with Crippen LogP contribution in [-0.2, 0) is 19.1 Å². The Morgan fingerprint density at radius 1 is 0.517 bits per heavy atom. The molecule has 1 heterocycles. The Hall–Kier alpha value is -1.18. The number of aliphatic hydroxyl groups is 1. The quantitative estimate of drug-likeness (QED) is 0.0484. The second-order valence-electron chi connectivity index (χ2n) is 18.5. The van der Waals surface area contributed by atoms with Crippen molar-refractivity contribution in [2.24, 2.45) is 11.8 Å². The first-order valence-electron chi connectivity index (χ1n) is 25.9. The summed E-state index contributed by atoms with van der Waals surface area (Å²) in [7, 11) is 0. The fraction of sp³-hybridized carbons (Fsp3) is 0.961. The molecule has 3 unspecified atom stereocenters. The van der Waals surface area contributed by atoms with Gasteiger partial charge in [0.1, 0.15) is 0 Å². The Bertz CT molecular complexity index is 902. The predicted octanol–water partition coefficient (Wildman–Crippen LogP) is 13.6. The van der Waals surface area contributed by atoms with Crippen molar-refractivity contribution < 1.29 is 24.2 Å². The molecule has 1 rings (SSSR count). The third kappa shape index (κ3) is 34.5. The van der Waals surface area contributed by atoms with Crippen molar-refractivity contribution in [3.63, 3.8) is 0 Å². The number of likely N-dealkylation sites (tertiary alicyclic amines) is 1. The molecule has 0 aliphatic carbocycles. The zero-order valence-electron chi connectivity index (χ0n) is 39.4. The summed E-state index contributed by atoms with van der Waals surface area (Å²) in [5, 5.41) is 10.1. The molecule has 0 saturated carbocycles. The third-order valence-electron chi connectivity index (χ3n) is 12.8. The van der Waals surface area contributed by atoms with Crippen molar-refractivity contribution in [1.29, 1.82) is 0 Å². The van der Waals surface area contributed by atoms with Gasteiger partial charge in [0, 0.05) is 39.1 Å². The minimum atomic E-state index is -0.217. The van der Waals surface area contributed by atoms with Crippen molar-refractivity contribution >= 4 is 11.9 Å². The Morgan fingerprint density at radius 2 is 0.914 bits per heavy atom. The van der Waals surface area contributed by atoms with Gasteiger partial charge >= 0.3 is 11.9 Å². The first-order chi connectivity index (χ1) is 28.4. The smallest absolute Gasteiger partial charge is 0.307 e. The van der Waals surface area contributed by atoms with Gasteiger partial charge in [-0.25, -0.2) is 0 Å². The number of carbonyl (C=O) groups excluding carboxylic acids is 2. The molecule has 1 saturated heterocycles. The molecular weight excluding hydrogens is 721 g/mol. The molecule has 1 aliphatic heterocycles. The van der Waals surface area contributed by atoms with E-state index in [1.165, 1.54) is 180 Å². The highest BCUT2D eigenvalue weighted by Gasteiger charge is 2.21. The van der Waals surface area contributed by atoms with E-state index in [2.05, 4.69) is 37.5 Å². The molecule has 3 atom stereocenters. The molecule has 0 aromatic heterocycles. The normalized spacial score (nSPS) is 15.7. The van der Waals surface area contributed by atoms with E-state index in [-0.39, 0.29) is 18.0 Å². The van der Waals surface area contributed by atoms with Gasteiger partial charge in [-0.15, -0.1) is 0 Å². The number of esters is 2. The molecule has 0 spiro atoms. The van der Waals surface area contributed by atoms with Crippen molar-refractivity contribution in [2.45, 2.75) is 252 Å². The number of rotatable bonds is 44. The fourth-order valence-corrected chi connectivity index (χ4v) is 8.71. The number of β-amino-alcohol motifs (C(OH)–C–C–N with tert-alkyl or cyclic N) is 1. The molecule has 1 N–H and O–H groups in total. The van der Waals surface area contributed by atoms with Crippen LogP contribution in [0.5, 0.6) is 0 Å². The predicted molar refractivity (Wildman–Crippen MR) is 247 cm³/mol. The minimum Gasteiger partial charge on any atom is -0.465 e. The van der Waals surface area contributed by atoms with Gasteiger partial charge in [0.05, 0.1) is 25.7 Å². The molecule has 0 aromatic carbocycles. The second kappa shape index (κ2) is 41.2. The Morgan fingerprint density at radius 3 is 1.34 bits per heavy atom. The molecule has 1 aliphatic rings. The number of aliphatic hydroxyl groups excluding tert-OH is 1. The van der Waals surface area contributed by atoms with E-state index in [0.717, 1.165) is 58.4 Å². The summed E-state index contributed by atoms with van der Waals surface area (Å²) < 4.78 is 11.8. The van der Waals surface area contributed by atoms with Gasteiger partial charge in [-0.05, 0) is 63.3 Å². The van der Waals surface area contributed by atoms with Crippen LogP contribution >= 0.6 is 0 Å². The monoisotopic (exact) mass is 821 g/mol. The SMILES string of the molecule is CCCCCCCCCCC(CCCCCCCC)COC(=O)CCN(CCCCCC(=O)OCC(CCCCCC)CCCCCCCC)CCN1CCC(O)C1. The summed E-state index contributed by atoms with van der Waals surface area (Å²) in [5.41, 5.74) is 0. The van der Waals surface area contributed by atoms with Gasteiger partial charge in [-0.1, -0.05) is 188 Å². The minimum absolute atomic E-state index is 0.0362. The van der Waals surface area contributed by atoms with Crippen LogP contribution in [0.25, 0.3) is 0 Å². The van der Waals surface area contributed by atoms with Crippen LogP contribution < -0.4 is 0 Å². The molecule has 7 nitrogen and oxygen atoms in total. The van der Waals surface area contributed by atoms with Crippen LogP contribution in [0.3, 0.4) is 0 Å². The molecule has 0 amide bonds. The maximum absolute atomic E-state index is 13.1. The van der Waals surface area contributed by atoms with Gasteiger partial charge in [-0.2, -0.15) is 0 Å². The first-order valence-corrected chi connectivity index (χ1v) is 25.9. The van der Waals surface area contributed by atoms with Gasteiger partial charge < -0.3 is 19.5 Å². The third-order valence-corrected chi connectivity index (χ3v) is 12.8. The van der Waals surface area contributed by atoms with Crippen molar-refractivity contribution in [3.05, 3.63) is 0 Å². The highest BCUT2D eigenvalue weighted by Crippen LogP contribution is 2.22. The van der Waals surface area contributed by atoms with Crippen LogP contribution in [0.2, 0.25) is 0 Å². The van der Waals surface area contributed by atoms with E-state index in [4.69, 9.17) is 9.47 Å². The van der Waals surface area contributed by atoms with Crippen molar-refractivity contribution in [2.75, 3.05) is 52.5 Å². The number of hydrogen-bond acceptors (Lipinski definition) is 7. The topological polar surface area (TPSA) is 79.3 Å². The van der Waals surface area contributed by atoms with Gasteiger partial charge in [0.15, 0.2) is 0 Å². The number of unbranched alkanes of at least 4 members (excludes halogenated alkanes) is 22. The molecule has 0 bridgehead atoms. The molecule has 0 aromatic rings. The highest BCUT2D eigenvalue weighted by molar-refractivity contribution is 5.69. The number of nitrogens with zero attached hydrogens (tertiary/aromatic N) is 2. The Kier molecular flexibility index (Phi) is 38.9. The summed E-state index contributed by atoms with van der Waals surface area (Å²) in [6.45, 7) is 15.4. The van der Waals surface area contributed by atoms with E-state index in [1.807, 2.05) is 0 Å².